The number of nitrogens with zero attached hydrogens (tertiary/aromatic N) is 1. The topological polar surface area (TPSA) is 83.2 Å². The lowest BCUT2D eigenvalue weighted by molar-refractivity contribution is 0.476. The van der Waals surface area contributed by atoms with Gasteiger partial charge >= 0.3 is 0 Å². The van der Waals surface area contributed by atoms with Crippen LogP contribution in [0.1, 0.15) is 16.7 Å². The monoisotopic (exact) mass is 332 g/mol. The molecule has 0 radical (unpaired) electrons. The first-order valence-corrected chi connectivity index (χ1v) is 7.69. The summed E-state index contributed by atoms with van der Waals surface area (Å²) in [6.45, 7) is 0. The molecule has 4 rings (SSSR count). The first kappa shape index (κ1) is 15.0. The number of hydrogen-bond donors (Lipinski definition) is 2. The van der Waals surface area contributed by atoms with Crippen LogP contribution in [-0.4, -0.2) is 5.11 Å². The van der Waals surface area contributed by atoms with Gasteiger partial charge in [0.2, 0.25) is 5.88 Å². The van der Waals surface area contributed by atoms with Gasteiger partial charge in [0.25, 0.3) is 0 Å². The van der Waals surface area contributed by atoms with Gasteiger partial charge in [-0.05, 0) is 11.6 Å². The molecule has 3 aromatic carbocycles. The van der Waals surface area contributed by atoms with Crippen molar-refractivity contribution >= 4 is 27.6 Å². The molecule has 0 spiro atoms. The third-order valence-electron chi connectivity index (χ3n) is 4.39. The highest BCUT2D eigenvalue weighted by Gasteiger charge is 2.23. The molecule has 0 atom stereocenters. The molecule has 4 nitrogen and oxygen atoms in total. The number of phenolic OH excluding ortho intramolecular Hbond substituents is 1. The van der Waals surface area contributed by atoms with E-state index in [2.05, 4.69) is 0 Å². The number of fused-ring (bicyclic) bond motifs is 3. The van der Waals surface area contributed by atoms with Crippen LogP contribution in [0, 0.1) is 17.1 Å². The minimum atomic E-state index is -0.377. The Morgan fingerprint density at radius 3 is 2.48 bits per heavy atom. The Bertz CT molecular complexity index is 1170. The highest BCUT2D eigenvalue weighted by molar-refractivity contribution is 6.12. The quantitative estimate of drug-likeness (QED) is 0.567. The lowest BCUT2D eigenvalue weighted by Gasteiger charge is -2.11. The number of hydrogen-bond acceptors (Lipinski definition) is 4. The first-order chi connectivity index (χ1) is 12.1. The van der Waals surface area contributed by atoms with Gasteiger partial charge in [0, 0.05) is 28.1 Å². The van der Waals surface area contributed by atoms with Crippen LogP contribution in [0.5, 0.6) is 5.75 Å². The Balaban J connectivity index is 2.12. The molecule has 0 aliphatic heterocycles. The fraction of sp³-hybridized carbons (Fsp3) is 0.0500. The predicted molar refractivity (Wildman–Crippen MR) is 93.7 cm³/mol. The van der Waals surface area contributed by atoms with Crippen LogP contribution in [0.3, 0.4) is 0 Å². The average Bonchev–Trinajstić information content (AvgIpc) is 2.96. The van der Waals surface area contributed by atoms with Gasteiger partial charge in [-0.1, -0.05) is 42.5 Å². The number of nitrogen functional groups attached to an aromatic ring is 1. The summed E-state index contributed by atoms with van der Waals surface area (Å²) in [7, 11) is 0. The molecule has 0 unspecified atom stereocenters. The van der Waals surface area contributed by atoms with E-state index in [0.717, 1.165) is 0 Å². The molecule has 0 saturated carbocycles. The third-order valence-corrected chi connectivity index (χ3v) is 4.39. The second-order valence-electron chi connectivity index (χ2n) is 5.80. The van der Waals surface area contributed by atoms with Crippen LogP contribution in [0.15, 0.2) is 52.9 Å². The molecule has 0 bridgehead atoms. The molecule has 0 saturated heterocycles. The predicted octanol–water partition coefficient (Wildman–Crippen LogP) is 4.48. The molecule has 0 aliphatic carbocycles. The van der Waals surface area contributed by atoms with Gasteiger partial charge in [0.15, 0.2) is 0 Å². The number of anilines is 1. The lowest BCUT2D eigenvalue weighted by Crippen LogP contribution is -1.96. The molecule has 0 aliphatic rings. The minimum Gasteiger partial charge on any atom is -0.507 e. The van der Waals surface area contributed by atoms with E-state index in [0.29, 0.717) is 32.9 Å². The number of nitriles is 1. The van der Waals surface area contributed by atoms with Gasteiger partial charge in [-0.3, -0.25) is 0 Å². The number of halogens is 1. The maximum atomic E-state index is 14.1. The Morgan fingerprint density at radius 1 is 1.08 bits per heavy atom. The molecule has 0 fully saturated rings. The summed E-state index contributed by atoms with van der Waals surface area (Å²) in [5.74, 6) is -0.384. The zero-order chi connectivity index (χ0) is 17.6. The largest absolute Gasteiger partial charge is 0.507 e. The van der Waals surface area contributed by atoms with Crippen molar-refractivity contribution < 1.29 is 13.9 Å². The number of phenols is 1. The highest BCUT2D eigenvalue weighted by atomic mass is 19.1. The summed E-state index contributed by atoms with van der Waals surface area (Å²) >= 11 is 0. The highest BCUT2D eigenvalue weighted by Crippen LogP contribution is 2.42. The Hall–Kier alpha value is -3.52. The molecular formula is C20H13FN2O2. The minimum absolute atomic E-state index is 0.00338. The lowest BCUT2D eigenvalue weighted by atomic mass is 9.94. The van der Waals surface area contributed by atoms with Crippen LogP contribution in [0.2, 0.25) is 0 Å². The van der Waals surface area contributed by atoms with E-state index >= 15 is 0 Å². The van der Waals surface area contributed by atoms with E-state index in [9.17, 15) is 14.8 Å². The van der Waals surface area contributed by atoms with Gasteiger partial charge in [-0.25, -0.2) is 4.39 Å². The number of furan rings is 1. The van der Waals surface area contributed by atoms with Crippen molar-refractivity contribution in [2.24, 2.45) is 0 Å². The number of aromatic hydroxyl groups is 1. The summed E-state index contributed by atoms with van der Waals surface area (Å²) in [4.78, 5) is 0. The average molecular weight is 332 g/mol. The maximum Gasteiger partial charge on any atom is 0.209 e. The molecule has 3 N–H and O–H groups in total. The fourth-order valence-electron chi connectivity index (χ4n) is 3.21. The maximum absolute atomic E-state index is 14.1. The number of benzene rings is 3. The van der Waals surface area contributed by atoms with E-state index < -0.39 is 0 Å². The van der Waals surface area contributed by atoms with E-state index in [1.54, 1.807) is 36.4 Å². The van der Waals surface area contributed by atoms with Gasteiger partial charge in [-0.2, -0.15) is 5.26 Å². The first-order valence-electron chi connectivity index (χ1n) is 7.69. The summed E-state index contributed by atoms with van der Waals surface area (Å²) in [5.41, 5.74) is 7.27. The van der Waals surface area contributed by atoms with Crippen molar-refractivity contribution in [3.8, 4) is 11.8 Å². The molecule has 25 heavy (non-hydrogen) atoms. The van der Waals surface area contributed by atoms with Crippen molar-refractivity contribution in [2.75, 3.05) is 5.73 Å². The van der Waals surface area contributed by atoms with Crippen LogP contribution < -0.4 is 5.73 Å². The Labute approximate surface area is 142 Å². The number of rotatable bonds is 2. The van der Waals surface area contributed by atoms with Crippen LogP contribution in [0.25, 0.3) is 21.7 Å². The molecule has 0 amide bonds. The molecule has 1 aromatic heterocycles. The van der Waals surface area contributed by atoms with Crippen molar-refractivity contribution in [1.29, 1.82) is 5.26 Å². The van der Waals surface area contributed by atoms with Gasteiger partial charge in [-0.15, -0.1) is 0 Å². The SMILES string of the molecule is N#Cc1c(N)oc2c1c(Cc1ccccc1F)c(O)c1ccccc12. The molecule has 1 heterocycles. The number of nitrogens with two attached hydrogens (primary N) is 1. The van der Waals surface area contributed by atoms with Gasteiger partial charge < -0.3 is 15.3 Å². The van der Waals surface area contributed by atoms with Crippen LogP contribution in [0.4, 0.5) is 10.3 Å². The van der Waals surface area contributed by atoms with Crippen molar-refractivity contribution in [3.05, 3.63) is 71.0 Å². The van der Waals surface area contributed by atoms with E-state index in [1.165, 1.54) is 6.07 Å². The van der Waals surface area contributed by atoms with Gasteiger partial charge in [0.1, 0.15) is 28.8 Å². The fourth-order valence-corrected chi connectivity index (χ4v) is 3.21. The summed E-state index contributed by atoms with van der Waals surface area (Å²) in [6.07, 6.45) is 0.119. The summed E-state index contributed by atoms with van der Waals surface area (Å²) in [6, 6.07) is 15.5. The molecule has 4 aromatic rings. The van der Waals surface area contributed by atoms with Gasteiger partial charge in [0.05, 0.1) is 0 Å². The normalized spacial score (nSPS) is 11.0. The second kappa shape index (κ2) is 5.53. The smallest absolute Gasteiger partial charge is 0.209 e. The van der Waals surface area contributed by atoms with Crippen molar-refractivity contribution in [1.82, 2.24) is 0 Å². The molecule has 122 valence electrons. The van der Waals surface area contributed by atoms with E-state index in [1.807, 2.05) is 12.1 Å². The van der Waals surface area contributed by atoms with Crippen molar-refractivity contribution in [3.63, 3.8) is 0 Å². The zero-order valence-electron chi connectivity index (χ0n) is 13.1. The zero-order valence-corrected chi connectivity index (χ0v) is 13.1. The Kier molecular flexibility index (Phi) is 3.33. The van der Waals surface area contributed by atoms with E-state index in [4.69, 9.17) is 10.2 Å². The molecule has 5 heteroatoms. The van der Waals surface area contributed by atoms with Crippen LogP contribution >= 0.6 is 0 Å². The second-order valence-corrected chi connectivity index (χ2v) is 5.80. The molecular weight excluding hydrogens is 319 g/mol. The van der Waals surface area contributed by atoms with Crippen LogP contribution in [-0.2, 0) is 6.42 Å². The standard InChI is InChI=1S/C20H13FN2O2/c21-16-8-4-1-5-11(16)9-14-17-15(10-22)20(23)25-19(17)13-7-3-2-6-12(13)18(14)24/h1-8,24H,9,23H2. The summed E-state index contributed by atoms with van der Waals surface area (Å²) < 4.78 is 19.7. The third kappa shape index (κ3) is 2.19. The Morgan fingerprint density at radius 2 is 1.76 bits per heavy atom. The summed E-state index contributed by atoms with van der Waals surface area (Å²) in [5, 5.41) is 21.9. The van der Waals surface area contributed by atoms with E-state index in [-0.39, 0.29) is 29.4 Å². The van der Waals surface area contributed by atoms with Crippen molar-refractivity contribution in [2.45, 2.75) is 6.42 Å².